The van der Waals surface area contributed by atoms with E-state index in [4.69, 9.17) is 11.5 Å². The normalized spacial score (nSPS) is 13.1. The maximum atomic E-state index is 5.91. The summed E-state index contributed by atoms with van der Waals surface area (Å²) in [6, 6.07) is 0.0200. The van der Waals surface area contributed by atoms with Gasteiger partial charge in [-0.05, 0) is 19.4 Å². The van der Waals surface area contributed by atoms with Crippen LogP contribution in [0.2, 0.25) is 0 Å². The van der Waals surface area contributed by atoms with Gasteiger partial charge in [0.05, 0.1) is 17.9 Å². The third kappa shape index (κ3) is 3.08. The molecule has 80 valence electrons. The third-order valence-corrected chi connectivity index (χ3v) is 2.13. The summed E-state index contributed by atoms with van der Waals surface area (Å²) in [5, 5.41) is 8.02. The van der Waals surface area contributed by atoms with E-state index in [0.29, 0.717) is 6.54 Å². The van der Waals surface area contributed by atoms with Crippen molar-refractivity contribution in [3.63, 3.8) is 0 Å². The van der Waals surface area contributed by atoms with E-state index in [1.807, 2.05) is 6.20 Å². The van der Waals surface area contributed by atoms with Crippen molar-refractivity contribution in [1.82, 2.24) is 15.0 Å². The molecule has 5 nitrogen and oxygen atoms in total. The molecular weight excluding hydrogens is 178 g/mol. The van der Waals surface area contributed by atoms with E-state index in [0.717, 1.165) is 31.5 Å². The van der Waals surface area contributed by atoms with Crippen LogP contribution in [-0.2, 0) is 6.54 Å². The van der Waals surface area contributed by atoms with Gasteiger partial charge in [0, 0.05) is 6.54 Å². The highest BCUT2D eigenvalue weighted by atomic mass is 15.4. The number of rotatable bonds is 6. The molecule has 4 N–H and O–H groups in total. The van der Waals surface area contributed by atoms with Crippen molar-refractivity contribution in [2.75, 3.05) is 6.54 Å². The molecule has 1 aromatic rings. The Morgan fingerprint density at radius 1 is 1.57 bits per heavy atom. The van der Waals surface area contributed by atoms with Crippen molar-refractivity contribution in [2.24, 2.45) is 11.5 Å². The van der Waals surface area contributed by atoms with Crippen LogP contribution in [-0.4, -0.2) is 21.5 Å². The van der Waals surface area contributed by atoms with Crippen molar-refractivity contribution in [3.05, 3.63) is 11.9 Å². The summed E-state index contributed by atoms with van der Waals surface area (Å²) in [5.74, 6) is 0. The van der Waals surface area contributed by atoms with Crippen LogP contribution >= 0.6 is 0 Å². The number of aryl methyl sites for hydroxylation is 1. The van der Waals surface area contributed by atoms with Crippen molar-refractivity contribution in [2.45, 2.75) is 38.8 Å². The summed E-state index contributed by atoms with van der Waals surface area (Å²) >= 11 is 0. The zero-order valence-electron chi connectivity index (χ0n) is 8.69. The molecule has 0 aliphatic rings. The van der Waals surface area contributed by atoms with Crippen LogP contribution < -0.4 is 11.5 Å². The molecular formula is C9H19N5. The van der Waals surface area contributed by atoms with Gasteiger partial charge in [0.15, 0.2) is 0 Å². The quantitative estimate of drug-likeness (QED) is 0.692. The number of nitrogens with zero attached hydrogens (tertiary/aromatic N) is 3. The van der Waals surface area contributed by atoms with Crippen LogP contribution in [0, 0.1) is 0 Å². The highest BCUT2D eigenvalue weighted by Gasteiger charge is 2.08. The van der Waals surface area contributed by atoms with Crippen LogP contribution in [0.4, 0.5) is 0 Å². The lowest BCUT2D eigenvalue weighted by atomic mass is 10.1. The van der Waals surface area contributed by atoms with Crippen LogP contribution in [0.3, 0.4) is 0 Å². The fourth-order valence-corrected chi connectivity index (χ4v) is 1.30. The number of hydrogen-bond donors (Lipinski definition) is 2. The molecule has 0 saturated heterocycles. The van der Waals surface area contributed by atoms with Gasteiger partial charge in [-0.2, -0.15) is 0 Å². The first kappa shape index (κ1) is 11.1. The summed E-state index contributed by atoms with van der Waals surface area (Å²) in [5.41, 5.74) is 12.2. The predicted octanol–water partition coefficient (Wildman–Crippen LogP) is 0.427. The highest BCUT2D eigenvalue weighted by Crippen LogP contribution is 2.11. The topological polar surface area (TPSA) is 82.8 Å². The minimum absolute atomic E-state index is 0.0200. The molecule has 14 heavy (non-hydrogen) atoms. The van der Waals surface area contributed by atoms with E-state index in [1.165, 1.54) is 0 Å². The minimum atomic E-state index is 0.0200. The molecule has 1 rings (SSSR count). The molecule has 0 aliphatic heterocycles. The van der Waals surface area contributed by atoms with Gasteiger partial charge in [-0.25, -0.2) is 0 Å². The fraction of sp³-hybridized carbons (Fsp3) is 0.778. The highest BCUT2D eigenvalue weighted by molar-refractivity contribution is 4.99. The van der Waals surface area contributed by atoms with Gasteiger partial charge in [0.1, 0.15) is 0 Å². The van der Waals surface area contributed by atoms with Crippen LogP contribution in [0.1, 0.15) is 37.9 Å². The molecule has 0 aromatic carbocycles. The molecule has 1 aromatic heterocycles. The summed E-state index contributed by atoms with van der Waals surface area (Å²) in [7, 11) is 0. The van der Waals surface area contributed by atoms with Crippen molar-refractivity contribution >= 4 is 0 Å². The number of aromatic nitrogens is 3. The lowest BCUT2D eigenvalue weighted by Gasteiger charge is -2.04. The number of hydrogen-bond acceptors (Lipinski definition) is 4. The molecule has 1 atom stereocenters. The summed E-state index contributed by atoms with van der Waals surface area (Å²) in [4.78, 5) is 0. The first-order valence-electron chi connectivity index (χ1n) is 5.13. The van der Waals surface area contributed by atoms with Gasteiger partial charge in [0.25, 0.3) is 0 Å². The Hall–Kier alpha value is -0.940. The zero-order chi connectivity index (χ0) is 10.4. The standard InChI is InChI=1S/C9H19N5/c1-2-4-8(11)9-7-14(13-12-9)6-3-5-10/h7-8H,2-6,10-11H2,1H3. The largest absolute Gasteiger partial charge is 0.330 e. The van der Waals surface area contributed by atoms with Crippen LogP contribution in [0.15, 0.2) is 6.20 Å². The molecule has 0 fully saturated rings. The van der Waals surface area contributed by atoms with E-state index < -0.39 is 0 Å². The Morgan fingerprint density at radius 2 is 2.36 bits per heavy atom. The second-order valence-corrected chi connectivity index (χ2v) is 3.44. The van der Waals surface area contributed by atoms with E-state index in [2.05, 4.69) is 17.2 Å². The third-order valence-electron chi connectivity index (χ3n) is 2.13. The maximum absolute atomic E-state index is 5.91. The monoisotopic (exact) mass is 197 g/mol. The van der Waals surface area contributed by atoms with Crippen LogP contribution in [0.25, 0.3) is 0 Å². The predicted molar refractivity (Wildman–Crippen MR) is 55.5 cm³/mol. The van der Waals surface area contributed by atoms with Gasteiger partial charge in [-0.3, -0.25) is 4.68 Å². The van der Waals surface area contributed by atoms with Crippen molar-refractivity contribution in [3.8, 4) is 0 Å². The van der Waals surface area contributed by atoms with Gasteiger partial charge < -0.3 is 11.5 Å². The molecule has 5 heteroatoms. The lowest BCUT2D eigenvalue weighted by Crippen LogP contribution is -2.10. The molecule has 0 aliphatic carbocycles. The Balaban J connectivity index is 2.49. The maximum Gasteiger partial charge on any atom is 0.0994 e. The Kier molecular flexibility index (Phi) is 4.55. The molecule has 0 saturated carbocycles. The average molecular weight is 197 g/mol. The SMILES string of the molecule is CCCC(N)c1cn(CCCN)nn1. The van der Waals surface area contributed by atoms with Crippen molar-refractivity contribution in [1.29, 1.82) is 0 Å². The molecule has 1 heterocycles. The Bertz CT molecular complexity index is 257. The summed E-state index contributed by atoms with van der Waals surface area (Å²) in [6.45, 7) is 3.61. The van der Waals surface area contributed by atoms with E-state index in [9.17, 15) is 0 Å². The second-order valence-electron chi connectivity index (χ2n) is 3.44. The Labute approximate surface area is 84.5 Å². The van der Waals surface area contributed by atoms with Gasteiger partial charge in [-0.15, -0.1) is 5.10 Å². The smallest absolute Gasteiger partial charge is 0.0994 e. The molecule has 0 bridgehead atoms. The molecule has 0 radical (unpaired) electrons. The minimum Gasteiger partial charge on any atom is -0.330 e. The molecule has 0 spiro atoms. The van der Waals surface area contributed by atoms with E-state index in [-0.39, 0.29) is 6.04 Å². The molecule has 1 unspecified atom stereocenters. The van der Waals surface area contributed by atoms with Crippen molar-refractivity contribution < 1.29 is 0 Å². The summed E-state index contributed by atoms with van der Waals surface area (Å²) < 4.78 is 1.80. The van der Waals surface area contributed by atoms with E-state index >= 15 is 0 Å². The second kappa shape index (κ2) is 5.72. The van der Waals surface area contributed by atoms with Crippen LogP contribution in [0.5, 0.6) is 0 Å². The first-order valence-corrected chi connectivity index (χ1v) is 5.13. The first-order chi connectivity index (χ1) is 6.77. The lowest BCUT2D eigenvalue weighted by molar-refractivity contribution is 0.564. The fourth-order valence-electron chi connectivity index (χ4n) is 1.30. The molecule has 0 amide bonds. The van der Waals surface area contributed by atoms with Gasteiger partial charge in [-0.1, -0.05) is 18.6 Å². The summed E-state index contributed by atoms with van der Waals surface area (Å²) in [6.07, 6.45) is 4.86. The van der Waals surface area contributed by atoms with Gasteiger partial charge >= 0.3 is 0 Å². The van der Waals surface area contributed by atoms with E-state index in [1.54, 1.807) is 4.68 Å². The average Bonchev–Trinajstić information content (AvgIpc) is 2.63. The zero-order valence-corrected chi connectivity index (χ0v) is 8.69. The Morgan fingerprint density at radius 3 is 3.00 bits per heavy atom. The van der Waals surface area contributed by atoms with Gasteiger partial charge in [0.2, 0.25) is 0 Å². The number of nitrogens with two attached hydrogens (primary N) is 2.